The van der Waals surface area contributed by atoms with Crippen LogP contribution in [0.2, 0.25) is 0 Å². The van der Waals surface area contributed by atoms with Crippen LogP contribution in [-0.2, 0) is 49.4 Å². The number of rotatable bonds is 12. The predicted octanol–water partition coefficient (Wildman–Crippen LogP) is 2.71. The summed E-state index contributed by atoms with van der Waals surface area (Å²) in [5.41, 5.74) is 29.3. The van der Waals surface area contributed by atoms with E-state index in [9.17, 15) is 42.1 Å². The van der Waals surface area contributed by atoms with Gasteiger partial charge in [-0.2, -0.15) is 11.8 Å². The van der Waals surface area contributed by atoms with Crippen molar-refractivity contribution in [1.82, 2.24) is 43.6 Å². The van der Waals surface area contributed by atoms with E-state index < -0.39 is 49.4 Å². The molecule has 3 aromatic carbocycles. The molecule has 3 aliphatic rings. The molecule has 8 N–H and O–H groups in total. The van der Waals surface area contributed by atoms with E-state index in [2.05, 4.69) is 139 Å². The Hall–Kier alpha value is -3.70. The quantitative estimate of drug-likeness (QED) is 0.0776. The van der Waals surface area contributed by atoms with Gasteiger partial charge >= 0.3 is 175 Å². The number of anilines is 3. The Balaban J connectivity index is 0.000000757. The van der Waals surface area contributed by atoms with Crippen molar-refractivity contribution < 1.29 is 217 Å². The molecule has 23 nitrogen and oxygen atoms in total. The fourth-order valence-corrected chi connectivity index (χ4v) is 14.3. The number of aromatic nitrogens is 9. The summed E-state index contributed by atoms with van der Waals surface area (Å²) in [6.07, 6.45) is 29.7. The molecule has 6 heterocycles. The Bertz CT molecular complexity index is 5000. The van der Waals surface area contributed by atoms with Gasteiger partial charge in [-0.05, 0) is 104 Å². The van der Waals surface area contributed by atoms with Gasteiger partial charge < -0.3 is 53.2 Å². The number of nitrogens with two attached hydrogens (primary N) is 4. The van der Waals surface area contributed by atoms with Crippen molar-refractivity contribution in [1.29, 1.82) is 0 Å². The first-order chi connectivity index (χ1) is 49.6. The Morgan fingerprint density at radius 1 is 0.384 bits per heavy atom. The van der Waals surface area contributed by atoms with Gasteiger partial charge in [-0.1, -0.05) is 167 Å². The van der Waals surface area contributed by atoms with Gasteiger partial charge in [0, 0.05) is 72.8 Å². The average molecular weight is 1860 g/mol. The molecule has 0 spiro atoms. The third-order valence-electron chi connectivity index (χ3n) is 18.3. The number of sulfonamides is 1. The zero-order valence-corrected chi connectivity index (χ0v) is 87.8. The average Bonchev–Trinajstić information content (AvgIpc) is 1.62. The van der Waals surface area contributed by atoms with Crippen LogP contribution >= 0.6 is 11.8 Å². The molecule has 0 aliphatic heterocycles. The molecule has 0 radical (unpaired) electrons. The molecule has 0 saturated carbocycles. The Kier molecular flexibility index (Phi) is 45.3. The summed E-state index contributed by atoms with van der Waals surface area (Å²) in [6, 6.07) is 29.4. The van der Waals surface area contributed by atoms with Crippen molar-refractivity contribution in [3.8, 4) is 35.5 Å². The van der Waals surface area contributed by atoms with Crippen LogP contribution in [-0.4, -0.2) is 153 Å². The van der Waals surface area contributed by atoms with Gasteiger partial charge in [-0.3, -0.25) is 0 Å². The van der Waals surface area contributed by atoms with Gasteiger partial charge in [0.25, 0.3) is 0 Å². The standard InChI is InChI=1S/2C24H26N4O2S.C23H25N5O2S.2C2H6O2S.C2H6S.3CH3.3Rb/c2*1-16-17(2)21(13-19(16)11-12-31(3,29)30)28-14-20(10-9-18-7-5-4-6-8-18)22-23(25)26-15-27-24(22)28;1-15-16(2)20(12-18(15)10-11-31(25,29)30)28-13-19(9-8-17-6-4-3-5-7-17)21-22(24)26-14-27-23(21)28;2*1-5(2,3)4;1-3-2;;;;;;/h2*4-8,13-17,21H,11-12H2,1-3H3,(H2,25,26,27);3-7,12-16,20H,10-11H2,1-2H3,(H2,24,26,27)(H2,25,29,30);2*1-2H3;1-2H3;3*1H3;;;/q;;;;;;3*-1;3*+1. The maximum Gasteiger partial charge on any atom is 1.00 e. The molecule has 12 rings (SSSR count). The van der Waals surface area contributed by atoms with Crippen molar-refractivity contribution in [3.05, 3.63) is 219 Å². The topological polar surface area (TPSA) is 367 Å². The fraction of sp³-hybridized carbons (Fsp3) is 0.362. The summed E-state index contributed by atoms with van der Waals surface area (Å²) >= 11 is 1.75. The van der Waals surface area contributed by atoms with Gasteiger partial charge in [0.15, 0.2) is 0 Å². The molecule has 0 fully saturated rings. The van der Waals surface area contributed by atoms with Crippen molar-refractivity contribution in [3.63, 3.8) is 0 Å². The third kappa shape index (κ3) is 32.2. The van der Waals surface area contributed by atoms with Crippen LogP contribution in [0.4, 0.5) is 17.5 Å². The van der Waals surface area contributed by atoms with E-state index in [1.165, 1.54) is 42.6 Å². The normalized spacial score (nSPS) is 18.6. The van der Waals surface area contributed by atoms with Gasteiger partial charge in [0.1, 0.15) is 92.7 Å². The van der Waals surface area contributed by atoms with E-state index in [4.69, 9.17) is 22.3 Å². The number of sulfone groups is 4. The predicted molar refractivity (Wildman–Crippen MR) is 451 cm³/mol. The summed E-state index contributed by atoms with van der Waals surface area (Å²) in [5, 5.41) is 7.45. The number of benzene rings is 3. The minimum Gasteiger partial charge on any atom is -0.383 e. The van der Waals surface area contributed by atoms with Gasteiger partial charge in [0.2, 0.25) is 10.0 Å². The number of hydrogen-bond acceptors (Lipinski definition) is 20. The Labute approximate surface area is 817 Å². The first-order valence-electron chi connectivity index (χ1n) is 33.9. The second-order valence-electron chi connectivity index (χ2n) is 27.3. The van der Waals surface area contributed by atoms with E-state index >= 15 is 0 Å². The maximum atomic E-state index is 11.7. The minimum absolute atomic E-state index is 0. The van der Waals surface area contributed by atoms with E-state index in [-0.39, 0.29) is 268 Å². The fourth-order valence-electron chi connectivity index (χ4n) is 12.5. The summed E-state index contributed by atoms with van der Waals surface area (Å²) < 4.78 is 114. The molecule has 9 aromatic rings. The van der Waals surface area contributed by atoms with Gasteiger partial charge in [-0.25, -0.2) is 77.1 Å². The molecule has 32 heteroatoms. The third-order valence-corrected chi connectivity index (χ3v) is 21.0. The monoisotopic (exact) mass is 1850 g/mol. The number of fused-ring (bicyclic) bond motifs is 3. The van der Waals surface area contributed by atoms with E-state index in [0.29, 0.717) is 36.7 Å². The molecular weight excluding hydrogens is 1750 g/mol. The van der Waals surface area contributed by atoms with Crippen LogP contribution < -0.4 is 197 Å². The zero-order valence-electron chi connectivity index (χ0n) is 68.2. The van der Waals surface area contributed by atoms with Crippen molar-refractivity contribution in [2.45, 2.75) is 78.9 Å². The van der Waals surface area contributed by atoms with Crippen LogP contribution in [0.3, 0.4) is 0 Å². The largest absolute Gasteiger partial charge is 1.00 e. The molecular formula is C80H104N13O10Rb3S6. The van der Waals surface area contributed by atoms with Crippen molar-refractivity contribution in [2.75, 3.05) is 84.5 Å². The van der Waals surface area contributed by atoms with Crippen LogP contribution in [0.15, 0.2) is 164 Å². The van der Waals surface area contributed by atoms with E-state index in [1.54, 1.807) is 11.8 Å². The number of allylic oxidation sites excluding steroid dienone is 6. The summed E-state index contributed by atoms with van der Waals surface area (Å²) in [7, 11) is -14.9. The summed E-state index contributed by atoms with van der Waals surface area (Å²) in [5.74, 6) is 22.3. The first-order valence-corrected chi connectivity index (χ1v) is 45.9. The van der Waals surface area contributed by atoms with Gasteiger partial charge in [-0.15, -0.1) is 0 Å². The molecule has 588 valence electrons. The second kappa shape index (κ2) is 47.8. The molecule has 112 heavy (non-hydrogen) atoms. The smallest absolute Gasteiger partial charge is 0.383 e. The molecule has 6 aromatic heterocycles. The van der Waals surface area contributed by atoms with E-state index in [0.717, 1.165) is 97.1 Å². The van der Waals surface area contributed by atoms with Crippen LogP contribution in [0.1, 0.15) is 112 Å². The van der Waals surface area contributed by atoms with Crippen LogP contribution in [0.5, 0.6) is 0 Å². The Morgan fingerprint density at radius 3 is 0.821 bits per heavy atom. The molecule has 3 aliphatic carbocycles. The second-order valence-corrected chi connectivity index (χ2v) is 38.9. The minimum atomic E-state index is -3.51. The number of hydrogen-bond donors (Lipinski definition) is 4. The SMILES string of the molecule is CC1C(CCS(C)(=O)=O)=CC(n2cc(C#Cc3ccccc3)c3c(N)ncnc32)C1C.CC1C(CCS(C)(=O)=O)=CC(n2cc(C#Cc3ccccc3)c3c(N)ncnc32)C1C.CC1C(CCS(N)(=O)=O)=CC(n2cc(C#Cc3ccccc3)c3c(N)ncnc32)C1C.CS(C)(=O)=O.CS(C)(=O)=O.CSC.[CH3-].[CH3-].[CH3-].[Rb+].[Rb+].[Rb+]. The van der Waals surface area contributed by atoms with Gasteiger partial charge in [0.05, 0.1) is 68.2 Å². The van der Waals surface area contributed by atoms with E-state index in [1.807, 2.05) is 122 Å². The Morgan fingerprint density at radius 2 is 0.607 bits per heavy atom. The van der Waals surface area contributed by atoms with Crippen molar-refractivity contribution in [2.24, 2.45) is 40.6 Å². The van der Waals surface area contributed by atoms with Crippen LogP contribution in [0.25, 0.3) is 33.1 Å². The van der Waals surface area contributed by atoms with Crippen LogP contribution in [0, 0.1) is 93.3 Å². The molecule has 9 unspecified atom stereocenters. The molecule has 0 amide bonds. The number of nitrogens with zero attached hydrogens (tertiary/aromatic N) is 9. The number of thioether (sulfide) groups is 1. The zero-order chi connectivity index (χ0) is 78.2. The number of primary sulfonamides is 1. The first kappa shape index (κ1) is 106. The maximum absolute atomic E-state index is 11.7. The molecule has 9 atom stereocenters. The number of nitrogen functional groups attached to an aromatic ring is 3. The van der Waals surface area contributed by atoms with Crippen molar-refractivity contribution >= 4 is 112 Å². The summed E-state index contributed by atoms with van der Waals surface area (Å²) in [4.78, 5) is 26.0. The molecule has 0 bridgehead atoms. The molecule has 0 saturated heterocycles. The summed E-state index contributed by atoms with van der Waals surface area (Å²) in [6.45, 7) is 13.0.